The number of rotatable bonds is 7. The molecule has 6 rings (SSSR count). The Labute approximate surface area is 243 Å². The van der Waals surface area contributed by atoms with Crippen molar-refractivity contribution < 1.29 is 9.18 Å². The van der Waals surface area contributed by atoms with Crippen LogP contribution in [0, 0.1) is 12.7 Å². The molecule has 2 fully saturated rings. The summed E-state index contributed by atoms with van der Waals surface area (Å²) in [6.45, 7) is 15.5. The third kappa shape index (κ3) is 4.68. The minimum Gasteiger partial charge on any atom is -0.352 e. The van der Waals surface area contributed by atoms with Crippen molar-refractivity contribution in [2.75, 3.05) is 62.2 Å². The average Bonchev–Trinajstić information content (AvgIpc) is 3.44. The number of carbonyl (C=O) groups excluding carboxylic acids is 1. The van der Waals surface area contributed by atoms with Crippen molar-refractivity contribution in [3.05, 3.63) is 53.5 Å². The summed E-state index contributed by atoms with van der Waals surface area (Å²) in [6.07, 6.45) is 3.04. The van der Waals surface area contributed by atoms with Gasteiger partial charge in [0.25, 0.3) is 0 Å². The first-order chi connectivity index (χ1) is 19.8. The number of hydrogen-bond donors (Lipinski definition) is 1. The van der Waals surface area contributed by atoms with Crippen LogP contribution in [-0.2, 0) is 4.79 Å². The largest absolute Gasteiger partial charge is 0.352 e. The Kier molecular flexibility index (Phi) is 7.29. The molecule has 1 amide bonds. The van der Waals surface area contributed by atoms with Gasteiger partial charge in [-0.05, 0) is 43.8 Å². The zero-order valence-electron chi connectivity index (χ0n) is 23.6. The molecule has 0 radical (unpaired) electrons. The van der Waals surface area contributed by atoms with E-state index in [1.165, 1.54) is 6.08 Å². The van der Waals surface area contributed by atoms with Gasteiger partial charge < -0.3 is 14.7 Å². The van der Waals surface area contributed by atoms with E-state index in [2.05, 4.69) is 45.3 Å². The van der Waals surface area contributed by atoms with E-state index < -0.39 is 5.82 Å². The molecular weight excluding hydrogens is 543 g/mol. The highest BCUT2D eigenvalue weighted by atomic mass is 35.5. The van der Waals surface area contributed by atoms with Gasteiger partial charge in [-0.2, -0.15) is 10.1 Å². The van der Waals surface area contributed by atoms with Crippen LogP contribution in [0.2, 0.25) is 5.02 Å². The third-order valence-corrected chi connectivity index (χ3v) is 8.77. The summed E-state index contributed by atoms with van der Waals surface area (Å²) < 4.78 is 16.8. The summed E-state index contributed by atoms with van der Waals surface area (Å²) in [5.74, 6) is 0.567. The highest BCUT2D eigenvalue weighted by Crippen LogP contribution is 2.42. The zero-order chi connectivity index (χ0) is 28.8. The lowest BCUT2D eigenvalue weighted by atomic mass is 9.95. The highest BCUT2D eigenvalue weighted by Gasteiger charge is 2.34. The van der Waals surface area contributed by atoms with Gasteiger partial charge in [-0.25, -0.2) is 9.37 Å². The number of nitrogens with one attached hydrogen (secondary N) is 1. The number of aromatic nitrogens is 4. The molecule has 0 bridgehead atoms. The van der Waals surface area contributed by atoms with Gasteiger partial charge in [-0.3, -0.25) is 14.8 Å². The molecule has 214 valence electrons. The van der Waals surface area contributed by atoms with Crippen LogP contribution in [0.4, 0.5) is 16.2 Å². The van der Waals surface area contributed by atoms with Gasteiger partial charge in [0, 0.05) is 67.2 Å². The smallest absolute Gasteiger partial charge is 0.246 e. The van der Waals surface area contributed by atoms with Crippen LogP contribution in [0.25, 0.3) is 32.9 Å². The van der Waals surface area contributed by atoms with E-state index in [0.717, 1.165) is 42.6 Å². The van der Waals surface area contributed by atoms with Gasteiger partial charge in [0.15, 0.2) is 5.82 Å². The first-order valence-electron chi connectivity index (χ1n) is 14.1. The minimum atomic E-state index is -0.476. The van der Waals surface area contributed by atoms with Crippen LogP contribution >= 0.6 is 11.6 Å². The van der Waals surface area contributed by atoms with E-state index in [-0.39, 0.29) is 16.4 Å². The van der Waals surface area contributed by atoms with Crippen LogP contribution in [-0.4, -0.2) is 94.3 Å². The topological polar surface area (TPSA) is 84.5 Å². The van der Waals surface area contributed by atoms with Crippen molar-refractivity contribution in [1.29, 1.82) is 0 Å². The average molecular weight is 577 g/mol. The molecule has 4 heterocycles. The van der Waals surface area contributed by atoms with Crippen molar-refractivity contribution in [2.45, 2.75) is 26.8 Å². The quantitative estimate of drug-likeness (QED) is 0.321. The fourth-order valence-electron chi connectivity index (χ4n) is 6.10. The molecule has 2 aromatic carbocycles. The summed E-state index contributed by atoms with van der Waals surface area (Å²) in [7, 11) is 0. The Morgan fingerprint density at radius 2 is 1.85 bits per heavy atom. The lowest BCUT2D eigenvalue weighted by Crippen LogP contribution is -2.60. The van der Waals surface area contributed by atoms with E-state index in [9.17, 15) is 4.79 Å². The van der Waals surface area contributed by atoms with Crippen LogP contribution in [0.3, 0.4) is 0 Å². The summed E-state index contributed by atoms with van der Waals surface area (Å²) in [5, 5.41) is 8.79. The van der Waals surface area contributed by atoms with Crippen LogP contribution < -0.4 is 9.80 Å². The van der Waals surface area contributed by atoms with Crippen molar-refractivity contribution in [2.24, 2.45) is 0 Å². The first-order valence-corrected chi connectivity index (χ1v) is 14.5. The summed E-state index contributed by atoms with van der Waals surface area (Å²) in [5.41, 5.74) is 2.94. The van der Waals surface area contributed by atoms with E-state index in [1.807, 2.05) is 19.1 Å². The predicted octanol–water partition coefficient (Wildman–Crippen LogP) is 4.64. The molecule has 2 aliphatic heterocycles. The number of benzene rings is 2. The number of aromatic amines is 1. The molecular formula is C30H34ClFN8O. The van der Waals surface area contributed by atoms with Crippen molar-refractivity contribution in [3.8, 4) is 11.1 Å². The fraction of sp³-hybridized carbons (Fsp3) is 0.400. The Morgan fingerprint density at radius 3 is 2.54 bits per heavy atom. The third-order valence-electron chi connectivity index (χ3n) is 8.47. The number of aryl methyl sites for hydroxylation is 1. The monoisotopic (exact) mass is 576 g/mol. The Hall–Kier alpha value is -3.76. The lowest BCUT2D eigenvalue weighted by Gasteiger charge is -2.45. The molecule has 0 aliphatic carbocycles. The number of amides is 1. The Bertz CT molecular complexity index is 1640. The molecule has 0 saturated carbocycles. The number of anilines is 2. The number of piperazine rings is 1. The SMILES string of the molecule is C=CC(=O)N1CCN(c2nc(N3CC(N(CC)CC)C3)nc3c(F)c(-c4c(C)ccc5[nH]ncc45)c(Cl)cc23)CC1. The number of halogens is 2. The predicted molar refractivity (Wildman–Crippen MR) is 162 cm³/mol. The van der Waals surface area contributed by atoms with Crippen LogP contribution in [0.5, 0.6) is 0 Å². The minimum absolute atomic E-state index is 0.0940. The number of carbonyl (C=O) groups is 1. The molecule has 1 N–H and O–H groups in total. The Morgan fingerprint density at radius 1 is 1.12 bits per heavy atom. The molecule has 0 unspecified atom stereocenters. The second kappa shape index (κ2) is 10.9. The zero-order valence-corrected chi connectivity index (χ0v) is 24.4. The van der Waals surface area contributed by atoms with E-state index in [4.69, 9.17) is 21.6 Å². The summed E-state index contributed by atoms with van der Waals surface area (Å²) >= 11 is 6.88. The Balaban J connectivity index is 1.48. The first kappa shape index (κ1) is 27.4. The molecule has 11 heteroatoms. The maximum Gasteiger partial charge on any atom is 0.246 e. The molecule has 2 aliphatic rings. The maximum atomic E-state index is 16.8. The normalized spacial score (nSPS) is 16.2. The van der Waals surface area contributed by atoms with Gasteiger partial charge in [0.05, 0.1) is 16.7 Å². The molecule has 9 nitrogen and oxygen atoms in total. The molecule has 0 spiro atoms. The van der Waals surface area contributed by atoms with Crippen molar-refractivity contribution in [1.82, 2.24) is 30.0 Å². The van der Waals surface area contributed by atoms with Gasteiger partial charge >= 0.3 is 0 Å². The van der Waals surface area contributed by atoms with Crippen molar-refractivity contribution in [3.63, 3.8) is 0 Å². The van der Waals surface area contributed by atoms with Crippen LogP contribution in [0.15, 0.2) is 37.1 Å². The molecule has 2 saturated heterocycles. The second-order valence-electron chi connectivity index (χ2n) is 10.7. The number of H-pyrrole nitrogens is 1. The van der Waals surface area contributed by atoms with Gasteiger partial charge in [-0.1, -0.05) is 38.1 Å². The number of likely N-dealkylation sites (N-methyl/N-ethyl adjacent to an activating group) is 1. The van der Waals surface area contributed by atoms with Gasteiger partial charge in [0.1, 0.15) is 11.3 Å². The summed E-state index contributed by atoms with van der Waals surface area (Å²) in [4.78, 5) is 30.4. The molecule has 2 aromatic heterocycles. The van der Waals surface area contributed by atoms with Crippen molar-refractivity contribution >= 4 is 51.1 Å². The van der Waals surface area contributed by atoms with Gasteiger partial charge in [-0.15, -0.1) is 0 Å². The maximum absolute atomic E-state index is 16.8. The van der Waals surface area contributed by atoms with E-state index >= 15 is 4.39 Å². The lowest BCUT2D eigenvalue weighted by molar-refractivity contribution is -0.126. The van der Waals surface area contributed by atoms with Crippen LogP contribution in [0.1, 0.15) is 19.4 Å². The fourth-order valence-corrected chi connectivity index (χ4v) is 6.38. The molecule has 41 heavy (non-hydrogen) atoms. The number of hydrogen-bond acceptors (Lipinski definition) is 7. The van der Waals surface area contributed by atoms with E-state index in [1.54, 1.807) is 17.2 Å². The highest BCUT2D eigenvalue weighted by molar-refractivity contribution is 6.35. The number of nitrogens with zero attached hydrogens (tertiary/aromatic N) is 7. The molecule has 0 atom stereocenters. The number of fused-ring (bicyclic) bond motifs is 2. The van der Waals surface area contributed by atoms with E-state index in [0.29, 0.717) is 60.5 Å². The second-order valence-corrected chi connectivity index (χ2v) is 11.1. The molecule has 4 aromatic rings. The van der Waals surface area contributed by atoms with Gasteiger partial charge in [0.2, 0.25) is 11.9 Å². The standard InChI is InChI=1S/C30H34ClFN8O/c1-5-24(41)38-10-12-39(13-11-38)29-20-14-22(31)26(25-18(4)8-9-23-21(25)15-33-36-23)27(32)28(20)34-30(35-29)40-16-19(17-40)37(6-2)7-3/h5,8-9,14-15,19H,1,6-7,10-13,16-17H2,2-4H3,(H,33,36). The summed E-state index contributed by atoms with van der Waals surface area (Å²) in [6, 6.07) is 6.06.